The first-order valence-electron chi connectivity index (χ1n) is 13.0. The van der Waals surface area contributed by atoms with E-state index < -0.39 is 5.97 Å². The van der Waals surface area contributed by atoms with Crippen molar-refractivity contribution in [2.24, 2.45) is 0 Å². The molecule has 3 N–H and O–H groups in total. The van der Waals surface area contributed by atoms with Crippen molar-refractivity contribution in [3.8, 4) is 0 Å². The fourth-order valence-electron chi connectivity index (χ4n) is 4.55. The first kappa shape index (κ1) is 28.5. The van der Waals surface area contributed by atoms with Crippen LogP contribution in [0.1, 0.15) is 49.4 Å². The molecule has 0 atom stereocenters. The van der Waals surface area contributed by atoms with Crippen LogP contribution in [0.25, 0.3) is 11.3 Å². The summed E-state index contributed by atoms with van der Waals surface area (Å²) in [6, 6.07) is 18.3. The van der Waals surface area contributed by atoms with Crippen molar-refractivity contribution in [3.05, 3.63) is 94.0 Å². The number of anilines is 2. The number of hydrogen-bond donors (Lipinski definition) is 3. The van der Waals surface area contributed by atoms with Crippen LogP contribution in [0.3, 0.4) is 0 Å². The number of hydrogen-bond acceptors (Lipinski definition) is 7. The molecule has 0 aromatic heterocycles. The molecule has 9 nitrogen and oxygen atoms in total. The first-order valence-corrected chi connectivity index (χ1v) is 13.0. The molecule has 0 spiro atoms. The van der Waals surface area contributed by atoms with Gasteiger partial charge in [-0.3, -0.25) is 14.4 Å². The van der Waals surface area contributed by atoms with E-state index in [4.69, 9.17) is 9.57 Å². The van der Waals surface area contributed by atoms with E-state index in [1.807, 2.05) is 70.4 Å². The predicted octanol–water partition coefficient (Wildman–Crippen LogP) is 4.64. The molecule has 0 saturated carbocycles. The summed E-state index contributed by atoms with van der Waals surface area (Å²) >= 11 is 0. The van der Waals surface area contributed by atoms with Crippen LogP contribution in [-0.4, -0.2) is 57.0 Å². The van der Waals surface area contributed by atoms with Crippen LogP contribution >= 0.6 is 0 Å². The third-order valence-corrected chi connectivity index (χ3v) is 6.58. The normalized spacial score (nSPS) is 13.5. The number of nitrogens with one attached hydrogen (secondary N) is 3. The number of benzene rings is 3. The van der Waals surface area contributed by atoms with Crippen LogP contribution in [0.4, 0.5) is 11.4 Å². The highest BCUT2D eigenvalue weighted by Gasteiger charge is 2.30. The second kappa shape index (κ2) is 12.6. The molecule has 208 valence electrons. The highest BCUT2D eigenvalue weighted by Crippen LogP contribution is 2.39. The van der Waals surface area contributed by atoms with E-state index in [9.17, 15) is 14.4 Å². The molecular formula is C31H34N4O5. The third-order valence-electron chi connectivity index (χ3n) is 6.58. The topological polar surface area (TPSA) is 109 Å². The van der Waals surface area contributed by atoms with E-state index in [0.29, 0.717) is 51.5 Å². The van der Waals surface area contributed by atoms with Crippen molar-refractivity contribution in [1.29, 1.82) is 0 Å². The summed E-state index contributed by atoms with van der Waals surface area (Å²) in [5.74, 6) is -1.08. The third kappa shape index (κ3) is 6.39. The Hall–Kier alpha value is -4.47. The van der Waals surface area contributed by atoms with Gasteiger partial charge in [0.25, 0.3) is 11.8 Å². The molecule has 0 bridgehead atoms. The molecule has 0 unspecified atom stereocenters. The molecule has 1 aliphatic heterocycles. The second-order valence-corrected chi connectivity index (χ2v) is 9.87. The van der Waals surface area contributed by atoms with Crippen molar-refractivity contribution in [3.63, 3.8) is 0 Å². The Balaban J connectivity index is 1.65. The highest BCUT2D eigenvalue weighted by molar-refractivity contribution is 6.37. The molecule has 0 aliphatic carbocycles. The standard InChI is InChI=1S/C31H34N4O5/c1-19-16-22(12-13-23(19)29(36)34-40-15-9-14-35(3)4)32-28(21-10-7-6-8-11-21)27-25-17-20(2)24(31(38)39-5)18-26(25)33-30(27)37/h6-8,10-13,16-18,32H,9,14-15H2,1-5H3,(H,33,37)(H,34,36)/b28-27-. The number of hydroxylamine groups is 1. The lowest BCUT2D eigenvalue weighted by Crippen LogP contribution is -2.26. The van der Waals surface area contributed by atoms with Gasteiger partial charge in [-0.25, -0.2) is 10.3 Å². The monoisotopic (exact) mass is 542 g/mol. The molecule has 2 amide bonds. The average molecular weight is 543 g/mol. The molecule has 1 aliphatic rings. The fourth-order valence-corrected chi connectivity index (χ4v) is 4.55. The summed E-state index contributed by atoms with van der Waals surface area (Å²) in [5, 5.41) is 6.30. The molecule has 4 rings (SSSR count). The number of ether oxygens (including phenoxy) is 1. The molecule has 0 fully saturated rings. The number of carbonyl (C=O) groups is 3. The smallest absolute Gasteiger partial charge is 0.338 e. The molecule has 3 aromatic carbocycles. The maximum atomic E-state index is 13.3. The van der Waals surface area contributed by atoms with Crippen LogP contribution in [0.5, 0.6) is 0 Å². The van der Waals surface area contributed by atoms with E-state index in [1.54, 1.807) is 18.2 Å². The van der Waals surface area contributed by atoms with Gasteiger partial charge in [0, 0.05) is 16.8 Å². The summed E-state index contributed by atoms with van der Waals surface area (Å²) in [6.45, 7) is 4.93. The highest BCUT2D eigenvalue weighted by atomic mass is 16.6. The van der Waals surface area contributed by atoms with Crippen molar-refractivity contribution < 1.29 is 24.0 Å². The van der Waals surface area contributed by atoms with Gasteiger partial charge in [-0.15, -0.1) is 0 Å². The second-order valence-electron chi connectivity index (χ2n) is 9.87. The zero-order valence-electron chi connectivity index (χ0n) is 23.4. The fraction of sp³-hybridized carbons (Fsp3) is 0.258. The number of nitrogens with zero attached hydrogens (tertiary/aromatic N) is 1. The molecule has 0 radical (unpaired) electrons. The Bertz CT molecular complexity index is 1460. The van der Waals surface area contributed by atoms with Crippen LogP contribution < -0.4 is 16.1 Å². The predicted molar refractivity (Wildman–Crippen MR) is 156 cm³/mol. The van der Waals surface area contributed by atoms with Gasteiger partial charge in [-0.05, 0) is 87.9 Å². The van der Waals surface area contributed by atoms with Gasteiger partial charge in [0.05, 0.1) is 36.2 Å². The van der Waals surface area contributed by atoms with Crippen molar-refractivity contribution in [2.45, 2.75) is 20.3 Å². The molecule has 3 aromatic rings. The van der Waals surface area contributed by atoms with E-state index in [-0.39, 0.29) is 11.8 Å². The van der Waals surface area contributed by atoms with Gasteiger partial charge in [-0.2, -0.15) is 0 Å². The number of esters is 1. The number of amides is 2. The lowest BCUT2D eigenvalue weighted by molar-refractivity contribution is -0.110. The van der Waals surface area contributed by atoms with Gasteiger partial charge < -0.3 is 20.3 Å². The Kier molecular flexibility index (Phi) is 8.98. The minimum atomic E-state index is -0.466. The molecular weight excluding hydrogens is 508 g/mol. The van der Waals surface area contributed by atoms with Crippen LogP contribution in [0, 0.1) is 13.8 Å². The van der Waals surface area contributed by atoms with Crippen molar-refractivity contribution in [1.82, 2.24) is 10.4 Å². The van der Waals surface area contributed by atoms with E-state index in [0.717, 1.165) is 24.1 Å². The van der Waals surface area contributed by atoms with Crippen LogP contribution in [0.15, 0.2) is 60.7 Å². The van der Waals surface area contributed by atoms with Crippen molar-refractivity contribution >= 4 is 40.4 Å². The number of fused-ring (bicyclic) bond motifs is 1. The Morgan fingerprint density at radius 2 is 1.68 bits per heavy atom. The van der Waals surface area contributed by atoms with Crippen molar-refractivity contribution in [2.75, 3.05) is 45.0 Å². The summed E-state index contributed by atoms with van der Waals surface area (Å²) in [6.07, 6.45) is 0.798. The Morgan fingerprint density at radius 3 is 2.35 bits per heavy atom. The summed E-state index contributed by atoms with van der Waals surface area (Å²) < 4.78 is 4.89. The van der Waals surface area contributed by atoms with Gasteiger partial charge in [0.1, 0.15) is 0 Å². The molecule has 0 saturated heterocycles. The van der Waals surface area contributed by atoms with E-state index >= 15 is 0 Å². The van der Waals surface area contributed by atoms with Gasteiger partial charge >= 0.3 is 5.97 Å². The summed E-state index contributed by atoms with van der Waals surface area (Å²) in [4.78, 5) is 45.6. The molecule has 9 heteroatoms. The number of aryl methyl sites for hydroxylation is 2. The largest absolute Gasteiger partial charge is 0.465 e. The van der Waals surface area contributed by atoms with Gasteiger partial charge in [0.2, 0.25) is 0 Å². The average Bonchev–Trinajstić information content (AvgIpc) is 3.25. The van der Waals surface area contributed by atoms with Crippen LogP contribution in [-0.2, 0) is 14.4 Å². The lowest BCUT2D eigenvalue weighted by atomic mass is 9.96. The number of carbonyl (C=O) groups excluding carboxylic acids is 3. The lowest BCUT2D eigenvalue weighted by Gasteiger charge is -2.16. The maximum Gasteiger partial charge on any atom is 0.338 e. The summed E-state index contributed by atoms with van der Waals surface area (Å²) in [7, 11) is 5.29. The number of methoxy groups -OCH3 is 1. The zero-order chi connectivity index (χ0) is 28.8. The Labute approximate surface area is 234 Å². The maximum absolute atomic E-state index is 13.3. The quantitative estimate of drug-likeness (QED) is 0.148. The van der Waals surface area contributed by atoms with Crippen LogP contribution in [0.2, 0.25) is 0 Å². The summed E-state index contributed by atoms with van der Waals surface area (Å²) in [5.41, 5.74) is 8.61. The minimum absolute atomic E-state index is 0.290. The number of rotatable bonds is 10. The van der Waals surface area contributed by atoms with Gasteiger partial charge in [-0.1, -0.05) is 30.3 Å². The molecule has 1 heterocycles. The Morgan fingerprint density at radius 1 is 0.950 bits per heavy atom. The first-order chi connectivity index (χ1) is 19.2. The SMILES string of the molecule is COC(=O)c1cc2c(cc1C)/C(=C(/Nc1ccc(C(=O)NOCCCN(C)C)c(C)c1)c1ccccc1)C(=O)N2. The minimum Gasteiger partial charge on any atom is -0.465 e. The van der Waals surface area contributed by atoms with E-state index in [1.165, 1.54) is 7.11 Å². The molecule has 40 heavy (non-hydrogen) atoms. The van der Waals surface area contributed by atoms with Gasteiger partial charge in [0.15, 0.2) is 0 Å². The van der Waals surface area contributed by atoms with E-state index in [2.05, 4.69) is 21.0 Å². The zero-order valence-corrected chi connectivity index (χ0v) is 23.4.